The van der Waals surface area contributed by atoms with Crippen LogP contribution in [0.5, 0.6) is 0 Å². The maximum Gasteiger partial charge on any atom is 0.276 e. The molecule has 0 fully saturated rings. The number of hydrogen-bond acceptors (Lipinski definition) is 4. The maximum atomic E-state index is 13.0. The van der Waals surface area contributed by atoms with Crippen molar-refractivity contribution in [3.05, 3.63) is 65.0 Å². The molecule has 1 aromatic carbocycles. The highest BCUT2D eigenvalue weighted by molar-refractivity contribution is 5.93. The Balaban J connectivity index is 1.63. The molecule has 1 aliphatic heterocycles. The van der Waals surface area contributed by atoms with Gasteiger partial charge in [-0.25, -0.2) is 0 Å². The molecule has 128 valence electrons. The van der Waals surface area contributed by atoms with Gasteiger partial charge in [0.25, 0.3) is 5.91 Å². The van der Waals surface area contributed by atoms with Crippen LogP contribution in [0.2, 0.25) is 0 Å². The average molecular weight is 336 g/mol. The number of carbonyl (C=O) groups excluding carboxylic acids is 1. The number of rotatable bonds is 3. The molecule has 5 heteroatoms. The van der Waals surface area contributed by atoms with E-state index in [9.17, 15) is 4.79 Å². The van der Waals surface area contributed by atoms with Crippen molar-refractivity contribution in [3.8, 4) is 11.5 Å². The Morgan fingerprint density at radius 1 is 1.28 bits per heavy atom. The number of carbonyl (C=O) groups is 1. The Morgan fingerprint density at radius 3 is 2.92 bits per heavy atom. The third-order valence-electron chi connectivity index (χ3n) is 4.80. The number of benzene rings is 1. The fourth-order valence-corrected chi connectivity index (χ4v) is 3.58. The first-order chi connectivity index (χ1) is 12.2. The zero-order valence-electron chi connectivity index (χ0n) is 14.4. The van der Waals surface area contributed by atoms with E-state index in [4.69, 9.17) is 8.94 Å². The lowest BCUT2D eigenvalue weighted by atomic mass is 9.89. The highest BCUT2D eigenvalue weighted by Crippen LogP contribution is 2.34. The summed E-state index contributed by atoms with van der Waals surface area (Å²) in [5.41, 5.74) is 4.16. The number of nitrogens with zero attached hydrogens (tertiary/aromatic N) is 2. The summed E-state index contributed by atoms with van der Waals surface area (Å²) in [4.78, 5) is 14.9. The lowest BCUT2D eigenvalue weighted by Gasteiger charge is -2.36. The molecule has 25 heavy (non-hydrogen) atoms. The van der Waals surface area contributed by atoms with Crippen LogP contribution >= 0.6 is 0 Å². The fraction of sp³-hybridized carbons (Fsp3) is 0.300. The summed E-state index contributed by atoms with van der Waals surface area (Å²) in [5.74, 6) is 0.937. The van der Waals surface area contributed by atoms with Crippen LogP contribution in [-0.4, -0.2) is 22.5 Å². The van der Waals surface area contributed by atoms with Gasteiger partial charge >= 0.3 is 0 Å². The Morgan fingerprint density at radius 2 is 2.16 bits per heavy atom. The van der Waals surface area contributed by atoms with Gasteiger partial charge in [0.1, 0.15) is 0 Å². The van der Waals surface area contributed by atoms with Crippen molar-refractivity contribution in [1.82, 2.24) is 10.1 Å². The van der Waals surface area contributed by atoms with E-state index >= 15 is 0 Å². The Kier molecular flexibility index (Phi) is 3.92. The van der Waals surface area contributed by atoms with Gasteiger partial charge < -0.3 is 13.8 Å². The van der Waals surface area contributed by atoms with E-state index in [0.29, 0.717) is 23.8 Å². The molecular formula is C20H20N2O3. The summed E-state index contributed by atoms with van der Waals surface area (Å²) >= 11 is 0. The predicted molar refractivity (Wildman–Crippen MR) is 93.2 cm³/mol. The number of fused-ring (bicyclic) bond motifs is 1. The normalized spacial score (nSPS) is 16.7. The monoisotopic (exact) mass is 336 g/mol. The first kappa shape index (κ1) is 15.7. The third kappa shape index (κ3) is 2.76. The molecule has 0 saturated heterocycles. The van der Waals surface area contributed by atoms with E-state index in [2.05, 4.69) is 37.2 Å². The van der Waals surface area contributed by atoms with Crippen LogP contribution in [0.25, 0.3) is 11.5 Å². The summed E-state index contributed by atoms with van der Waals surface area (Å²) < 4.78 is 10.6. The van der Waals surface area contributed by atoms with Crippen LogP contribution in [0.1, 0.15) is 46.6 Å². The second-order valence-corrected chi connectivity index (χ2v) is 6.43. The molecule has 0 spiro atoms. The van der Waals surface area contributed by atoms with Gasteiger partial charge in [-0.1, -0.05) is 35.8 Å². The van der Waals surface area contributed by atoms with Crippen molar-refractivity contribution in [2.45, 2.75) is 32.7 Å². The predicted octanol–water partition coefficient (Wildman–Crippen LogP) is 4.39. The van der Waals surface area contributed by atoms with Crippen LogP contribution in [0.4, 0.5) is 0 Å². The molecule has 1 aliphatic rings. The molecule has 0 aliphatic carbocycles. The topological polar surface area (TPSA) is 59.5 Å². The van der Waals surface area contributed by atoms with Crippen molar-refractivity contribution in [3.63, 3.8) is 0 Å². The lowest BCUT2D eigenvalue weighted by molar-refractivity contribution is 0.0645. The molecule has 1 atom stereocenters. The third-order valence-corrected chi connectivity index (χ3v) is 4.80. The van der Waals surface area contributed by atoms with E-state index in [1.165, 1.54) is 16.7 Å². The summed E-state index contributed by atoms with van der Waals surface area (Å²) in [6, 6.07) is 11.8. The van der Waals surface area contributed by atoms with E-state index in [-0.39, 0.29) is 11.9 Å². The van der Waals surface area contributed by atoms with Crippen LogP contribution in [-0.2, 0) is 6.42 Å². The summed E-state index contributed by atoms with van der Waals surface area (Å²) in [6.07, 6.45) is 3.29. The Hall–Kier alpha value is -2.82. The minimum absolute atomic E-state index is 0.0700. The van der Waals surface area contributed by atoms with E-state index in [1.54, 1.807) is 24.5 Å². The Labute approximate surface area is 146 Å². The zero-order chi connectivity index (χ0) is 17.4. The number of aryl methyl sites for hydroxylation is 1. The first-order valence-corrected chi connectivity index (χ1v) is 8.58. The molecule has 3 heterocycles. The minimum atomic E-state index is -0.0976. The van der Waals surface area contributed by atoms with E-state index in [0.717, 1.165) is 12.8 Å². The smallest absolute Gasteiger partial charge is 0.276 e. The molecular weight excluding hydrogens is 316 g/mol. The fourth-order valence-electron chi connectivity index (χ4n) is 3.58. The molecule has 0 bridgehead atoms. The van der Waals surface area contributed by atoms with Gasteiger partial charge in [0.2, 0.25) is 5.76 Å². The molecule has 0 N–H and O–H groups in total. The van der Waals surface area contributed by atoms with Gasteiger partial charge in [-0.15, -0.1) is 0 Å². The van der Waals surface area contributed by atoms with Gasteiger partial charge in [-0.3, -0.25) is 4.79 Å². The molecule has 1 unspecified atom stereocenters. The summed E-state index contributed by atoms with van der Waals surface area (Å²) in [5, 5.41) is 3.96. The largest absolute Gasteiger partial charge is 0.461 e. The zero-order valence-corrected chi connectivity index (χ0v) is 14.4. The van der Waals surface area contributed by atoms with Crippen molar-refractivity contribution < 1.29 is 13.7 Å². The van der Waals surface area contributed by atoms with Crippen LogP contribution in [0, 0.1) is 6.92 Å². The molecule has 0 saturated carbocycles. The Bertz CT molecular complexity index is 896. The van der Waals surface area contributed by atoms with Crippen molar-refractivity contribution in [1.29, 1.82) is 0 Å². The van der Waals surface area contributed by atoms with Crippen LogP contribution < -0.4 is 0 Å². The van der Waals surface area contributed by atoms with Crippen molar-refractivity contribution in [2.75, 3.05) is 6.54 Å². The second-order valence-electron chi connectivity index (χ2n) is 6.43. The lowest BCUT2D eigenvalue weighted by Crippen LogP contribution is -2.40. The van der Waals surface area contributed by atoms with Crippen LogP contribution in [0.3, 0.4) is 0 Å². The van der Waals surface area contributed by atoms with Gasteiger partial charge in [0.15, 0.2) is 11.5 Å². The molecule has 2 aromatic heterocycles. The van der Waals surface area contributed by atoms with Gasteiger partial charge in [0.05, 0.1) is 12.3 Å². The van der Waals surface area contributed by atoms with Gasteiger partial charge in [0, 0.05) is 12.6 Å². The highest BCUT2D eigenvalue weighted by atomic mass is 16.5. The molecule has 0 radical (unpaired) electrons. The molecule has 5 nitrogen and oxygen atoms in total. The highest BCUT2D eigenvalue weighted by Gasteiger charge is 2.31. The standard InChI is InChI=1S/C20H20N2O3/c1-3-17-15-7-6-13(2)11-14(15)8-9-22(17)20(23)16-12-19(25-21-16)18-5-4-10-24-18/h4-7,10-12,17H,3,8-9H2,1-2H3. The average Bonchev–Trinajstić information content (AvgIpc) is 3.31. The number of hydrogen-bond donors (Lipinski definition) is 0. The summed E-state index contributed by atoms with van der Waals surface area (Å²) in [6.45, 7) is 4.90. The second kappa shape index (κ2) is 6.24. The SMILES string of the molecule is CCC1c2ccc(C)cc2CCN1C(=O)c1cc(-c2ccco2)on1. The minimum Gasteiger partial charge on any atom is -0.461 e. The van der Waals surface area contributed by atoms with Crippen molar-refractivity contribution in [2.24, 2.45) is 0 Å². The van der Waals surface area contributed by atoms with Crippen LogP contribution in [0.15, 0.2) is 51.6 Å². The van der Waals surface area contributed by atoms with E-state index < -0.39 is 0 Å². The van der Waals surface area contributed by atoms with Crippen molar-refractivity contribution >= 4 is 5.91 Å². The maximum absolute atomic E-state index is 13.0. The molecule has 4 rings (SSSR count). The number of furan rings is 1. The number of aromatic nitrogens is 1. The summed E-state index contributed by atoms with van der Waals surface area (Å²) in [7, 11) is 0. The van der Waals surface area contributed by atoms with Gasteiger partial charge in [-0.2, -0.15) is 0 Å². The van der Waals surface area contributed by atoms with E-state index in [1.807, 2.05) is 4.90 Å². The quantitative estimate of drug-likeness (QED) is 0.711. The number of amides is 1. The molecule has 3 aromatic rings. The van der Waals surface area contributed by atoms with Gasteiger partial charge in [-0.05, 0) is 43.0 Å². The molecule has 1 amide bonds. The first-order valence-electron chi connectivity index (χ1n) is 8.58.